The van der Waals surface area contributed by atoms with Crippen LogP contribution in [0.15, 0.2) is 6.07 Å². The second-order valence-corrected chi connectivity index (χ2v) is 4.13. The van der Waals surface area contributed by atoms with E-state index in [9.17, 15) is 0 Å². The molecule has 1 unspecified atom stereocenters. The highest BCUT2D eigenvalue weighted by Crippen LogP contribution is 2.13. The minimum absolute atomic E-state index is 0.0624. The van der Waals surface area contributed by atoms with Gasteiger partial charge in [0.2, 0.25) is 0 Å². The number of aryl methyl sites for hydroxylation is 1. The Labute approximate surface area is 109 Å². The number of aromatic nitrogens is 2. The molecule has 0 radical (unpaired) electrons. The van der Waals surface area contributed by atoms with Crippen LogP contribution in [0.3, 0.4) is 0 Å². The van der Waals surface area contributed by atoms with Crippen molar-refractivity contribution in [3.05, 3.63) is 23.3 Å². The molecule has 0 saturated carbocycles. The Balaban J connectivity index is 2.62. The molecule has 1 aromatic rings. The molecule has 1 atom stereocenters. The lowest BCUT2D eigenvalue weighted by molar-refractivity contribution is 0.0697. The summed E-state index contributed by atoms with van der Waals surface area (Å²) in [5.74, 6) is 0.750. The molecule has 0 bridgehead atoms. The number of nitrogens with zero attached hydrogens (tertiary/aromatic N) is 2. The van der Waals surface area contributed by atoms with Crippen LogP contribution in [0.5, 0.6) is 0 Å². The Hall–Kier alpha value is -1.04. The number of hydrogen-bond donors (Lipinski definition) is 1. The van der Waals surface area contributed by atoms with E-state index in [2.05, 4.69) is 15.3 Å². The fraction of sp³-hybridized carbons (Fsp3) is 0.692. The Morgan fingerprint density at radius 1 is 1.39 bits per heavy atom. The summed E-state index contributed by atoms with van der Waals surface area (Å²) in [4.78, 5) is 8.92. The van der Waals surface area contributed by atoms with Crippen LogP contribution in [0.25, 0.3) is 0 Å². The topological polar surface area (TPSA) is 56.3 Å². The molecule has 0 saturated heterocycles. The molecule has 5 heteroatoms. The molecule has 1 heterocycles. The van der Waals surface area contributed by atoms with Crippen molar-refractivity contribution in [1.29, 1.82) is 0 Å². The molecule has 0 aliphatic carbocycles. The highest BCUT2D eigenvalue weighted by atomic mass is 16.5. The van der Waals surface area contributed by atoms with Crippen LogP contribution in [0.2, 0.25) is 0 Å². The Bertz CT molecular complexity index is 358. The molecule has 0 fully saturated rings. The molecule has 0 aromatic carbocycles. The molecular formula is C13H23N3O2. The van der Waals surface area contributed by atoms with E-state index in [0.29, 0.717) is 13.2 Å². The third-order valence-electron chi connectivity index (χ3n) is 2.49. The van der Waals surface area contributed by atoms with Crippen molar-refractivity contribution in [3.8, 4) is 0 Å². The SMILES string of the molecule is CCOC(C)c1nc(C)cc(CNCCOC)n1. The Morgan fingerprint density at radius 2 is 2.17 bits per heavy atom. The standard InChI is InChI=1S/C13H23N3O2/c1-5-18-11(3)13-15-10(2)8-12(16-13)9-14-6-7-17-4/h8,11,14H,5-7,9H2,1-4H3. The minimum Gasteiger partial charge on any atom is -0.383 e. The maximum absolute atomic E-state index is 5.52. The number of rotatable bonds is 8. The average Bonchev–Trinajstić information content (AvgIpc) is 2.34. The van der Waals surface area contributed by atoms with Crippen molar-refractivity contribution in [1.82, 2.24) is 15.3 Å². The molecule has 0 spiro atoms. The van der Waals surface area contributed by atoms with Gasteiger partial charge in [0, 0.05) is 32.5 Å². The first-order valence-corrected chi connectivity index (χ1v) is 6.33. The van der Waals surface area contributed by atoms with E-state index >= 15 is 0 Å². The van der Waals surface area contributed by atoms with Crippen molar-refractivity contribution < 1.29 is 9.47 Å². The summed E-state index contributed by atoms with van der Waals surface area (Å²) >= 11 is 0. The Kier molecular flexibility index (Phi) is 6.78. The summed E-state index contributed by atoms with van der Waals surface area (Å²) < 4.78 is 10.5. The zero-order valence-electron chi connectivity index (χ0n) is 11.7. The van der Waals surface area contributed by atoms with Gasteiger partial charge >= 0.3 is 0 Å². The van der Waals surface area contributed by atoms with Crippen LogP contribution in [0.4, 0.5) is 0 Å². The quantitative estimate of drug-likeness (QED) is 0.713. The average molecular weight is 253 g/mol. The van der Waals surface area contributed by atoms with E-state index in [-0.39, 0.29) is 6.10 Å². The summed E-state index contributed by atoms with van der Waals surface area (Å²) in [5, 5.41) is 3.27. The molecule has 0 aliphatic heterocycles. The predicted molar refractivity (Wildman–Crippen MR) is 70.4 cm³/mol. The molecule has 0 aliphatic rings. The number of hydrogen-bond acceptors (Lipinski definition) is 5. The second-order valence-electron chi connectivity index (χ2n) is 4.13. The van der Waals surface area contributed by atoms with Gasteiger partial charge in [-0.3, -0.25) is 0 Å². The van der Waals surface area contributed by atoms with Gasteiger partial charge in [0.1, 0.15) is 6.10 Å². The van der Waals surface area contributed by atoms with Gasteiger partial charge in [-0.2, -0.15) is 0 Å². The van der Waals surface area contributed by atoms with Gasteiger partial charge in [-0.25, -0.2) is 9.97 Å². The second kappa shape index (κ2) is 8.13. The van der Waals surface area contributed by atoms with Crippen LogP contribution in [-0.4, -0.2) is 36.8 Å². The third kappa shape index (κ3) is 5.08. The van der Waals surface area contributed by atoms with Crippen LogP contribution in [-0.2, 0) is 16.0 Å². The van der Waals surface area contributed by atoms with Crippen molar-refractivity contribution in [2.45, 2.75) is 33.4 Å². The molecule has 1 N–H and O–H groups in total. The molecule has 5 nitrogen and oxygen atoms in total. The zero-order valence-corrected chi connectivity index (χ0v) is 11.7. The largest absolute Gasteiger partial charge is 0.383 e. The molecule has 1 rings (SSSR count). The lowest BCUT2D eigenvalue weighted by Crippen LogP contribution is -2.20. The van der Waals surface area contributed by atoms with Crippen LogP contribution < -0.4 is 5.32 Å². The molecule has 0 amide bonds. The summed E-state index contributed by atoms with van der Waals surface area (Å²) in [6.07, 6.45) is -0.0624. The van der Waals surface area contributed by atoms with Gasteiger partial charge in [0.15, 0.2) is 5.82 Å². The zero-order chi connectivity index (χ0) is 13.4. The van der Waals surface area contributed by atoms with E-state index in [0.717, 1.165) is 30.3 Å². The normalized spacial score (nSPS) is 12.7. The molecular weight excluding hydrogens is 230 g/mol. The predicted octanol–water partition coefficient (Wildman–Crippen LogP) is 1.62. The van der Waals surface area contributed by atoms with Crippen molar-refractivity contribution >= 4 is 0 Å². The van der Waals surface area contributed by atoms with Crippen molar-refractivity contribution in [3.63, 3.8) is 0 Å². The lowest BCUT2D eigenvalue weighted by atomic mass is 10.3. The summed E-state index contributed by atoms with van der Waals surface area (Å²) in [6.45, 7) is 8.82. The van der Waals surface area contributed by atoms with Gasteiger partial charge in [-0.05, 0) is 26.8 Å². The maximum Gasteiger partial charge on any atom is 0.157 e. The van der Waals surface area contributed by atoms with Crippen LogP contribution in [0.1, 0.15) is 37.2 Å². The number of ether oxygens (including phenoxy) is 2. The fourth-order valence-corrected chi connectivity index (χ4v) is 1.65. The number of nitrogens with one attached hydrogen (secondary N) is 1. The summed E-state index contributed by atoms with van der Waals surface area (Å²) in [6, 6.07) is 1.99. The maximum atomic E-state index is 5.52. The van der Waals surface area contributed by atoms with Crippen molar-refractivity contribution in [2.75, 3.05) is 26.9 Å². The number of methoxy groups -OCH3 is 1. The first-order valence-electron chi connectivity index (χ1n) is 6.33. The van der Waals surface area contributed by atoms with Gasteiger partial charge < -0.3 is 14.8 Å². The van der Waals surface area contributed by atoms with Gasteiger partial charge in [-0.15, -0.1) is 0 Å². The summed E-state index contributed by atoms with van der Waals surface area (Å²) in [5.41, 5.74) is 1.95. The molecule has 18 heavy (non-hydrogen) atoms. The third-order valence-corrected chi connectivity index (χ3v) is 2.49. The van der Waals surface area contributed by atoms with Crippen LogP contribution in [0, 0.1) is 6.92 Å². The van der Waals surface area contributed by atoms with E-state index in [1.54, 1.807) is 7.11 Å². The minimum atomic E-state index is -0.0624. The first-order chi connectivity index (χ1) is 8.67. The van der Waals surface area contributed by atoms with Crippen molar-refractivity contribution in [2.24, 2.45) is 0 Å². The fourth-order valence-electron chi connectivity index (χ4n) is 1.65. The monoisotopic (exact) mass is 253 g/mol. The van der Waals surface area contributed by atoms with Crippen LogP contribution >= 0.6 is 0 Å². The van der Waals surface area contributed by atoms with Gasteiger partial charge in [0.25, 0.3) is 0 Å². The highest BCUT2D eigenvalue weighted by molar-refractivity contribution is 5.11. The van der Waals surface area contributed by atoms with E-state index in [4.69, 9.17) is 9.47 Å². The highest BCUT2D eigenvalue weighted by Gasteiger charge is 2.10. The van der Waals surface area contributed by atoms with E-state index < -0.39 is 0 Å². The van der Waals surface area contributed by atoms with Gasteiger partial charge in [0.05, 0.1) is 12.3 Å². The first kappa shape index (κ1) is 15.0. The summed E-state index contributed by atoms with van der Waals surface area (Å²) in [7, 11) is 1.69. The lowest BCUT2D eigenvalue weighted by Gasteiger charge is -2.12. The Morgan fingerprint density at radius 3 is 2.83 bits per heavy atom. The van der Waals surface area contributed by atoms with E-state index in [1.807, 2.05) is 26.8 Å². The molecule has 102 valence electrons. The van der Waals surface area contributed by atoms with Gasteiger partial charge in [-0.1, -0.05) is 0 Å². The van der Waals surface area contributed by atoms with E-state index in [1.165, 1.54) is 0 Å². The smallest absolute Gasteiger partial charge is 0.157 e. The molecule has 1 aromatic heterocycles.